The van der Waals surface area contributed by atoms with Gasteiger partial charge >= 0.3 is 0 Å². The summed E-state index contributed by atoms with van der Waals surface area (Å²) in [6.45, 7) is -0.273. The second kappa shape index (κ2) is 7.61. The van der Waals surface area contributed by atoms with Crippen molar-refractivity contribution in [2.24, 2.45) is 0 Å². The summed E-state index contributed by atoms with van der Waals surface area (Å²) in [7, 11) is 0. The molecule has 23 heavy (non-hydrogen) atoms. The van der Waals surface area contributed by atoms with Gasteiger partial charge in [0, 0.05) is 28.2 Å². The minimum absolute atomic E-state index is 0.0286. The number of rotatable bonds is 6. The summed E-state index contributed by atoms with van der Waals surface area (Å²) in [5.74, 6) is 0. The number of aliphatic hydroxyl groups excluding tert-OH is 2. The quantitative estimate of drug-likeness (QED) is 0.543. The van der Waals surface area contributed by atoms with Crippen molar-refractivity contribution in [1.29, 1.82) is 0 Å². The van der Waals surface area contributed by atoms with E-state index in [0.29, 0.717) is 21.2 Å². The highest BCUT2D eigenvalue weighted by Crippen LogP contribution is 2.31. The second-order valence-electron chi connectivity index (χ2n) is 4.80. The molecule has 6 nitrogen and oxygen atoms in total. The lowest BCUT2D eigenvalue weighted by atomic mass is 10.1. The van der Waals surface area contributed by atoms with Crippen LogP contribution in [0.25, 0.3) is 0 Å². The maximum atomic E-state index is 11.0. The lowest BCUT2D eigenvalue weighted by Gasteiger charge is -2.16. The highest BCUT2D eigenvalue weighted by Gasteiger charge is 2.18. The van der Waals surface area contributed by atoms with Crippen LogP contribution in [0.15, 0.2) is 36.4 Å². The average Bonchev–Trinajstić information content (AvgIpc) is 2.52. The third-order valence-electron chi connectivity index (χ3n) is 3.26. The summed E-state index contributed by atoms with van der Waals surface area (Å²) < 4.78 is 0. The minimum Gasteiger partial charge on any atom is -0.392 e. The van der Waals surface area contributed by atoms with Crippen LogP contribution in [0.2, 0.25) is 10.0 Å². The molecule has 0 saturated carbocycles. The van der Waals surface area contributed by atoms with Crippen LogP contribution in [-0.4, -0.2) is 21.7 Å². The molecule has 0 fully saturated rings. The monoisotopic (exact) mass is 356 g/mol. The number of aliphatic hydroxyl groups is 2. The number of halogens is 2. The van der Waals surface area contributed by atoms with Crippen molar-refractivity contribution in [2.45, 2.75) is 12.7 Å². The van der Waals surface area contributed by atoms with E-state index in [9.17, 15) is 15.2 Å². The molecule has 0 aliphatic heterocycles. The molecule has 0 spiro atoms. The molecule has 122 valence electrons. The van der Waals surface area contributed by atoms with Crippen molar-refractivity contribution in [3.63, 3.8) is 0 Å². The Kier molecular flexibility index (Phi) is 5.79. The normalized spacial score (nSPS) is 12.0. The van der Waals surface area contributed by atoms with Gasteiger partial charge in [-0.3, -0.25) is 10.1 Å². The number of anilines is 1. The van der Waals surface area contributed by atoms with Crippen molar-refractivity contribution in [3.05, 3.63) is 67.7 Å². The predicted octanol–water partition coefficient (Wildman–Crippen LogP) is 3.54. The molecule has 0 aromatic heterocycles. The smallest absolute Gasteiger partial charge is 0.292 e. The molecule has 1 unspecified atom stereocenters. The van der Waals surface area contributed by atoms with Crippen LogP contribution in [0.5, 0.6) is 0 Å². The summed E-state index contributed by atoms with van der Waals surface area (Å²) in [5, 5.41) is 33.9. The molecule has 2 rings (SSSR count). The molecule has 0 aliphatic carbocycles. The maximum absolute atomic E-state index is 11.0. The fraction of sp³-hybridized carbons (Fsp3) is 0.200. The molecule has 0 bridgehead atoms. The van der Waals surface area contributed by atoms with Crippen molar-refractivity contribution in [3.8, 4) is 0 Å². The third kappa shape index (κ3) is 4.11. The number of nitrogens with one attached hydrogen (secondary N) is 1. The number of nitro benzene ring substituents is 1. The molecular weight excluding hydrogens is 343 g/mol. The van der Waals surface area contributed by atoms with E-state index >= 15 is 0 Å². The zero-order valence-electron chi connectivity index (χ0n) is 11.9. The van der Waals surface area contributed by atoms with Crippen molar-refractivity contribution >= 4 is 34.6 Å². The Balaban J connectivity index is 2.21. The Labute approximate surface area is 142 Å². The molecule has 8 heteroatoms. The topological polar surface area (TPSA) is 95.6 Å². The first-order valence-electron chi connectivity index (χ1n) is 6.68. The van der Waals surface area contributed by atoms with Crippen molar-refractivity contribution < 1.29 is 15.1 Å². The van der Waals surface area contributed by atoms with E-state index in [1.54, 1.807) is 18.2 Å². The predicted molar refractivity (Wildman–Crippen MR) is 88.9 cm³/mol. The van der Waals surface area contributed by atoms with Crippen molar-refractivity contribution in [1.82, 2.24) is 0 Å². The van der Waals surface area contributed by atoms with Gasteiger partial charge in [-0.2, -0.15) is 0 Å². The van der Waals surface area contributed by atoms with Crippen LogP contribution in [0.4, 0.5) is 11.4 Å². The zero-order chi connectivity index (χ0) is 17.0. The molecule has 0 aliphatic rings. The van der Waals surface area contributed by atoms with Crippen molar-refractivity contribution in [2.75, 3.05) is 11.9 Å². The van der Waals surface area contributed by atoms with Crippen LogP contribution in [0.3, 0.4) is 0 Å². The summed E-state index contributed by atoms with van der Waals surface area (Å²) >= 11 is 12.0. The van der Waals surface area contributed by atoms with Crippen LogP contribution in [0, 0.1) is 10.1 Å². The van der Waals surface area contributed by atoms with E-state index in [0.717, 1.165) is 0 Å². The number of hydrogen-bond donors (Lipinski definition) is 3. The van der Waals surface area contributed by atoms with E-state index in [1.165, 1.54) is 18.2 Å². The maximum Gasteiger partial charge on any atom is 0.292 e. The highest BCUT2D eigenvalue weighted by atomic mass is 35.5. The van der Waals surface area contributed by atoms with Gasteiger partial charge in [0.2, 0.25) is 0 Å². The summed E-state index contributed by atoms with van der Waals surface area (Å²) in [4.78, 5) is 10.5. The summed E-state index contributed by atoms with van der Waals surface area (Å²) in [6, 6.07) is 9.07. The highest BCUT2D eigenvalue weighted by molar-refractivity contribution is 6.36. The molecular formula is C15H14Cl2N2O4. The van der Waals surface area contributed by atoms with Gasteiger partial charge < -0.3 is 15.5 Å². The molecule has 1 atom stereocenters. The Morgan fingerprint density at radius 1 is 1.22 bits per heavy atom. The molecule has 3 N–H and O–H groups in total. The van der Waals surface area contributed by atoms with Gasteiger partial charge in [0.25, 0.3) is 5.69 Å². The van der Waals surface area contributed by atoms with Gasteiger partial charge in [0.1, 0.15) is 5.69 Å². The fourth-order valence-corrected chi connectivity index (χ4v) is 2.77. The van der Waals surface area contributed by atoms with Gasteiger partial charge in [0.05, 0.1) is 17.6 Å². The molecule has 2 aromatic carbocycles. The summed E-state index contributed by atoms with van der Waals surface area (Å²) in [6.07, 6.45) is -1.05. The Hall–Kier alpha value is -1.86. The Bertz CT molecular complexity index is 704. The van der Waals surface area contributed by atoms with E-state index in [-0.39, 0.29) is 24.5 Å². The van der Waals surface area contributed by atoms with E-state index in [4.69, 9.17) is 28.3 Å². The molecule has 0 saturated heterocycles. The average molecular weight is 357 g/mol. The largest absolute Gasteiger partial charge is 0.392 e. The molecule has 0 radical (unpaired) electrons. The first-order chi connectivity index (χ1) is 10.9. The van der Waals surface area contributed by atoms with E-state index < -0.39 is 11.0 Å². The van der Waals surface area contributed by atoms with Gasteiger partial charge in [-0.25, -0.2) is 0 Å². The third-order valence-corrected chi connectivity index (χ3v) is 3.92. The Morgan fingerprint density at radius 2 is 1.87 bits per heavy atom. The summed E-state index contributed by atoms with van der Waals surface area (Å²) in [5.41, 5.74) is 0.913. The standard InChI is InChI=1S/C15H14Cl2N2O4/c16-10-2-1-3-11(17)15(10)14(21)7-18-12-6-9(8-20)4-5-13(12)19(22)23/h1-6,14,18,20-21H,7-8H2. The van der Waals surface area contributed by atoms with Gasteiger partial charge in [-0.05, 0) is 29.8 Å². The molecule has 0 amide bonds. The van der Waals surface area contributed by atoms with Gasteiger partial charge in [0.15, 0.2) is 0 Å². The van der Waals surface area contributed by atoms with Gasteiger partial charge in [-0.1, -0.05) is 29.3 Å². The van der Waals surface area contributed by atoms with Gasteiger partial charge in [-0.15, -0.1) is 0 Å². The Morgan fingerprint density at radius 3 is 2.43 bits per heavy atom. The van der Waals surface area contributed by atoms with E-state index in [1.807, 2.05) is 0 Å². The molecule has 2 aromatic rings. The van der Waals surface area contributed by atoms with Crippen LogP contribution in [0.1, 0.15) is 17.2 Å². The minimum atomic E-state index is -1.05. The number of nitro groups is 1. The van der Waals surface area contributed by atoms with Crippen LogP contribution < -0.4 is 5.32 Å². The lowest BCUT2D eigenvalue weighted by molar-refractivity contribution is -0.384. The van der Waals surface area contributed by atoms with Crippen LogP contribution >= 0.6 is 23.2 Å². The molecule has 0 heterocycles. The van der Waals surface area contributed by atoms with Crippen LogP contribution in [-0.2, 0) is 6.61 Å². The second-order valence-corrected chi connectivity index (χ2v) is 5.61. The first kappa shape index (κ1) is 17.5. The number of hydrogen-bond acceptors (Lipinski definition) is 5. The SMILES string of the molecule is O=[N+]([O-])c1ccc(CO)cc1NCC(O)c1c(Cl)cccc1Cl. The fourth-order valence-electron chi connectivity index (χ4n) is 2.12. The number of nitrogens with zero attached hydrogens (tertiary/aromatic N) is 1. The van der Waals surface area contributed by atoms with E-state index in [2.05, 4.69) is 5.32 Å². The zero-order valence-corrected chi connectivity index (χ0v) is 13.4. The first-order valence-corrected chi connectivity index (χ1v) is 7.43. The number of benzene rings is 2. The lowest BCUT2D eigenvalue weighted by Crippen LogP contribution is -2.14.